The molecule has 33 heavy (non-hydrogen) atoms. The Morgan fingerprint density at radius 1 is 1.09 bits per heavy atom. The van der Waals surface area contributed by atoms with Gasteiger partial charge in [-0.2, -0.15) is 0 Å². The summed E-state index contributed by atoms with van der Waals surface area (Å²) in [4.78, 5) is 35.6. The molecular formula is C21H18N5O6S-. The summed E-state index contributed by atoms with van der Waals surface area (Å²) in [6.07, 6.45) is 0. The first-order valence-corrected chi connectivity index (χ1v) is 10.7. The maximum Gasteiger partial charge on any atom is 0.325 e. The van der Waals surface area contributed by atoms with Crippen molar-refractivity contribution < 1.29 is 29.0 Å². The van der Waals surface area contributed by atoms with Crippen LogP contribution in [0.15, 0.2) is 47.6 Å². The molecule has 1 aliphatic heterocycles. The number of rotatable bonds is 7. The molecule has 4 rings (SSSR count). The Morgan fingerprint density at radius 3 is 2.61 bits per heavy atom. The average Bonchev–Trinajstić information content (AvgIpc) is 3.39. The summed E-state index contributed by atoms with van der Waals surface area (Å²) in [7, 11) is 0. The first-order valence-electron chi connectivity index (χ1n) is 9.72. The van der Waals surface area contributed by atoms with Gasteiger partial charge in [0.05, 0.1) is 18.3 Å². The normalized spacial score (nSPS) is 11.8. The minimum atomic E-state index is -1.32. The first-order chi connectivity index (χ1) is 15.9. The molecule has 3 amide bonds. The van der Waals surface area contributed by atoms with Crippen LogP contribution in [0.4, 0.5) is 10.5 Å². The molecule has 0 aliphatic carbocycles. The van der Waals surface area contributed by atoms with Crippen LogP contribution in [0.3, 0.4) is 0 Å². The van der Waals surface area contributed by atoms with Crippen molar-refractivity contribution in [2.75, 3.05) is 17.9 Å². The van der Waals surface area contributed by atoms with Gasteiger partial charge in [-0.1, -0.05) is 41.6 Å². The highest BCUT2D eigenvalue weighted by Gasteiger charge is 2.18. The fraction of sp³-hybridized carbons (Fsp3) is 0.190. The zero-order chi connectivity index (χ0) is 23.4. The van der Waals surface area contributed by atoms with Crippen molar-refractivity contribution in [1.29, 1.82) is 0 Å². The quantitative estimate of drug-likeness (QED) is 0.488. The molecule has 0 unspecified atom stereocenters. The predicted molar refractivity (Wildman–Crippen MR) is 116 cm³/mol. The third-order valence-corrected chi connectivity index (χ3v) is 5.50. The summed E-state index contributed by atoms with van der Waals surface area (Å²) < 4.78 is 11.8. The van der Waals surface area contributed by atoms with Gasteiger partial charge in [-0.05, 0) is 19.1 Å². The van der Waals surface area contributed by atoms with Gasteiger partial charge in [0, 0.05) is 17.3 Å². The fourth-order valence-electron chi connectivity index (χ4n) is 3.01. The van der Waals surface area contributed by atoms with E-state index in [1.165, 1.54) is 4.57 Å². The molecule has 2 aromatic carbocycles. The summed E-state index contributed by atoms with van der Waals surface area (Å²) >= 11 is 0.950. The van der Waals surface area contributed by atoms with Crippen molar-refractivity contribution in [3.63, 3.8) is 0 Å². The van der Waals surface area contributed by atoms with Crippen LogP contribution in [0, 0.1) is 6.92 Å². The Bertz CT molecular complexity index is 1210. The number of carbonyl (C=O) groups excluding carboxylic acids is 3. The molecule has 1 aromatic heterocycles. The number of aryl methyl sites for hydroxylation is 1. The van der Waals surface area contributed by atoms with E-state index in [0.717, 1.165) is 17.3 Å². The molecule has 12 heteroatoms. The zero-order valence-corrected chi connectivity index (χ0v) is 18.2. The lowest BCUT2D eigenvalue weighted by molar-refractivity contribution is -0.306. The van der Waals surface area contributed by atoms with E-state index in [1.807, 2.05) is 19.1 Å². The largest absolute Gasteiger partial charge is 0.548 e. The fourth-order valence-corrected chi connectivity index (χ4v) is 3.75. The number of carbonyl (C=O) groups is 3. The van der Waals surface area contributed by atoms with Gasteiger partial charge in [-0.25, -0.2) is 4.79 Å². The number of nitrogens with one attached hydrogen (secondary N) is 2. The van der Waals surface area contributed by atoms with Gasteiger partial charge in [0.2, 0.25) is 12.7 Å². The van der Waals surface area contributed by atoms with Crippen LogP contribution in [-0.4, -0.2) is 45.2 Å². The van der Waals surface area contributed by atoms with Gasteiger partial charge in [0.25, 0.3) is 0 Å². The van der Waals surface area contributed by atoms with Crippen molar-refractivity contribution in [1.82, 2.24) is 20.1 Å². The highest BCUT2D eigenvalue weighted by molar-refractivity contribution is 7.99. The number of thioether (sulfide) groups is 1. The Kier molecular flexibility index (Phi) is 6.45. The van der Waals surface area contributed by atoms with Gasteiger partial charge in [0.1, 0.15) is 0 Å². The molecule has 0 radical (unpaired) electrons. The average molecular weight is 468 g/mol. The van der Waals surface area contributed by atoms with E-state index in [1.54, 1.807) is 30.3 Å². The predicted octanol–water partition coefficient (Wildman–Crippen LogP) is 1.17. The molecule has 0 saturated carbocycles. The number of aliphatic carboxylic acids is 1. The Morgan fingerprint density at radius 2 is 1.85 bits per heavy atom. The number of urea groups is 1. The van der Waals surface area contributed by atoms with Gasteiger partial charge in [-0.3, -0.25) is 14.7 Å². The second-order valence-corrected chi connectivity index (χ2v) is 7.93. The number of hydrogen-bond acceptors (Lipinski definition) is 9. The molecular weight excluding hydrogens is 450 g/mol. The number of aromatic nitrogens is 3. The zero-order valence-electron chi connectivity index (χ0n) is 17.4. The molecule has 11 nitrogen and oxygen atoms in total. The molecule has 2 heterocycles. The maximum atomic E-state index is 12.2. The number of fused-ring (bicyclic) bond motifs is 1. The summed E-state index contributed by atoms with van der Waals surface area (Å²) in [5.41, 5.74) is 2.14. The van der Waals surface area contributed by atoms with Crippen LogP contribution in [0.1, 0.15) is 5.56 Å². The Labute approximate surface area is 192 Å². The molecule has 0 saturated heterocycles. The minimum absolute atomic E-state index is 0.106. The second-order valence-electron chi connectivity index (χ2n) is 6.99. The van der Waals surface area contributed by atoms with Crippen LogP contribution in [0.2, 0.25) is 0 Å². The van der Waals surface area contributed by atoms with Crippen molar-refractivity contribution in [2.24, 2.45) is 0 Å². The number of benzene rings is 2. The third kappa shape index (κ3) is 5.41. The first kappa shape index (κ1) is 22.1. The van der Waals surface area contributed by atoms with E-state index in [9.17, 15) is 19.5 Å². The topological polar surface area (TPSA) is 148 Å². The summed E-state index contributed by atoms with van der Waals surface area (Å²) in [5.74, 6) is -0.711. The number of hydrogen-bond donors (Lipinski definition) is 2. The molecule has 0 atom stereocenters. The van der Waals surface area contributed by atoms with Crippen LogP contribution >= 0.6 is 11.8 Å². The SMILES string of the molecule is Cc1ccc(-c2nnc(SCC(=O)NC(=O)Nc3ccc4c(c3)OCO4)n2CC(=O)[O-])cc1. The lowest BCUT2D eigenvalue weighted by atomic mass is 10.1. The number of imide groups is 1. The van der Waals surface area contributed by atoms with E-state index in [-0.39, 0.29) is 17.7 Å². The minimum Gasteiger partial charge on any atom is -0.548 e. The van der Waals surface area contributed by atoms with E-state index in [4.69, 9.17) is 9.47 Å². The van der Waals surface area contributed by atoms with Crippen LogP contribution in [-0.2, 0) is 16.1 Å². The molecule has 0 spiro atoms. The van der Waals surface area contributed by atoms with Crippen LogP contribution < -0.4 is 25.2 Å². The number of carboxylic acid groups (broad SMARTS) is 1. The lowest BCUT2D eigenvalue weighted by Crippen LogP contribution is -2.35. The summed E-state index contributed by atoms with van der Waals surface area (Å²) in [5, 5.41) is 24.2. The van der Waals surface area contributed by atoms with E-state index in [2.05, 4.69) is 20.8 Å². The number of ether oxygens (including phenoxy) is 2. The molecule has 3 aromatic rings. The molecule has 2 N–H and O–H groups in total. The summed E-state index contributed by atoms with van der Waals surface area (Å²) in [6.45, 7) is 1.55. The monoisotopic (exact) mass is 468 g/mol. The number of anilines is 1. The second kappa shape index (κ2) is 9.61. The Balaban J connectivity index is 1.37. The molecule has 0 fully saturated rings. The number of nitrogens with zero attached hydrogens (tertiary/aromatic N) is 3. The van der Waals surface area contributed by atoms with Gasteiger partial charge in [-0.15, -0.1) is 10.2 Å². The molecule has 170 valence electrons. The molecule has 1 aliphatic rings. The third-order valence-electron chi connectivity index (χ3n) is 4.53. The maximum absolute atomic E-state index is 12.2. The van der Waals surface area contributed by atoms with Crippen LogP contribution in [0.5, 0.6) is 11.5 Å². The van der Waals surface area contributed by atoms with E-state index < -0.39 is 24.5 Å². The standard InChI is InChI=1S/C21H19N5O6S/c1-12-2-4-13(5-3-12)19-24-25-21(26(19)9-18(28)29)33-10-17(27)23-20(30)22-14-6-7-15-16(8-14)32-11-31-15/h2-8H,9-11H2,1H3,(H,28,29)(H2,22,23,27,30)/p-1. The van der Waals surface area contributed by atoms with Crippen molar-refractivity contribution >= 4 is 35.4 Å². The lowest BCUT2D eigenvalue weighted by Gasteiger charge is -2.11. The van der Waals surface area contributed by atoms with E-state index >= 15 is 0 Å². The van der Waals surface area contributed by atoms with Gasteiger partial charge < -0.3 is 24.7 Å². The van der Waals surface area contributed by atoms with Gasteiger partial charge >= 0.3 is 6.03 Å². The number of amides is 3. The van der Waals surface area contributed by atoms with Gasteiger partial charge in [0.15, 0.2) is 22.5 Å². The van der Waals surface area contributed by atoms with Crippen molar-refractivity contribution in [3.8, 4) is 22.9 Å². The highest BCUT2D eigenvalue weighted by atomic mass is 32.2. The van der Waals surface area contributed by atoms with Crippen molar-refractivity contribution in [2.45, 2.75) is 18.6 Å². The highest BCUT2D eigenvalue weighted by Crippen LogP contribution is 2.34. The molecule has 0 bridgehead atoms. The van der Waals surface area contributed by atoms with Crippen molar-refractivity contribution in [3.05, 3.63) is 48.0 Å². The van der Waals surface area contributed by atoms with Crippen LogP contribution in [0.25, 0.3) is 11.4 Å². The van der Waals surface area contributed by atoms with E-state index in [0.29, 0.717) is 28.6 Å². The smallest absolute Gasteiger partial charge is 0.325 e. The number of carboxylic acids is 1. The summed E-state index contributed by atoms with van der Waals surface area (Å²) in [6, 6.07) is 11.4. The Hall–Kier alpha value is -4.06.